The minimum absolute atomic E-state index is 0.00778. The van der Waals surface area contributed by atoms with E-state index >= 15 is 0 Å². The summed E-state index contributed by atoms with van der Waals surface area (Å²) >= 11 is 0. The van der Waals surface area contributed by atoms with Crippen molar-refractivity contribution in [3.8, 4) is 28.4 Å². The molecular formula is C21H20O10. The normalized spacial score (nSPS) is 26.3. The Morgan fingerprint density at radius 3 is 2.26 bits per heavy atom. The Morgan fingerprint density at radius 1 is 0.935 bits per heavy atom. The number of aliphatic hydroxyl groups excluding tert-OH is 4. The van der Waals surface area contributed by atoms with Gasteiger partial charge in [-0.2, -0.15) is 0 Å². The van der Waals surface area contributed by atoms with Gasteiger partial charge in [0, 0.05) is 6.07 Å². The second-order valence-corrected chi connectivity index (χ2v) is 7.31. The average molecular weight is 432 g/mol. The summed E-state index contributed by atoms with van der Waals surface area (Å²) in [5.74, 6) is -1.34. The van der Waals surface area contributed by atoms with Crippen molar-refractivity contribution in [1.82, 2.24) is 0 Å². The van der Waals surface area contributed by atoms with Gasteiger partial charge in [-0.3, -0.25) is 4.79 Å². The summed E-state index contributed by atoms with van der Waals surface area (Å²) in [7, 11) is 0. The highest BCUT2D eigenvalue weighted by Crippen LogP contribution is 2.44. The number of fused-ring (bicyclic) bond motifs is 1. The molecule has 31 heavy (non-hydrogen) atoms. The van der Waals surface area contributed by atoms with E-state index in [0.29, 0.717) is 5.56 Å². The third-order valence-electron chi connectivity index (χ3n) is 5.41. The fourth-order valence-corrected chi connectivity index (χ4v) is 3.73. The van der Waals surface area contributed by atoms with Crippen molar-refractivity contribution in [2.75, 3.05) is 6.61 Å². The van der Waals surface area contributed by atoms with Crippen LogP contribution in [0.3, 0.4) is 0 Å². The lowest BCUT2D eigenvalue weighted by atomic mass is 9.89. The van der Waals surface area contributed by atoms with Crippen LogP contribution in [0.2, 0.25) is 0 Å². The summed E-state index contributed by atoms with van der Waals surface area (Å²) in [6.45, 7) is -0.705. The van der Waals surface area contributed by atoms with Crippen molar-refractivity contribution < 1.29 is 44.9 Å². The number of benzene rings is 2. The number of hydrogen-bond acceptors (Lipinski definition) is 10. The van der Waals surface area contributed by atoms with Crippen molar-refractivity contribution in [3.05, 3.63) is 52.4 Å². The molecule has 0 amide bonds. The Hall–Kier alpha value is -3.15. The molecule has 1 fully saturated rings. The molecule has 5 atom stereocenters. The van der Waals surface area contributed by atoms with Crippen LogP contribution in [0.4, 0.5) is 0 Å². The molecule has 0 bridgehead atoms. The van der Waals surface area contributed by atoms with Crippen LogP contribution in [-0.4, -0.2) is 66.8 Å². The van der Waals surface area contributed by atoms with E-state index in [1.807, 2.05) is 0 Å². The molecule has 1 saturated heterocycles. The van der Waals surface area contributed by atoms with Crippen molar-refractivity contribution >= 4 is 11.0 Å². The predicted octanol–water partition coefficient (Wildman–Crippen LogP) is 0.0917. The van der Waals surface area contributed by atoms with E-state index < -0.39 is 59.6 Å². The monoisotopic (exact) mass is 432 g/mol. The minimum atomic E-state index is -1.78. The first-order chi connectivity index (χ1) is 14.7. The number of phenolic OH excluding ortho intramolecular Hbond substituents is 3. The van der Waals surface area contributed by atoms with Gasteiger partial charge in [-0.25, -0.2) is 0 Å². The average Bonchev–Trinajstić information content (AvgIpc) is 2.74. The lowest BCUT2D eigenvalue weighted by molar-refractivity contribution is -0.232. The van der Waals surface area contributed by atoms with E-state index in [2.05, 4.69) is 0 Å². The fourth-order valence-electron chi connectivity index (χ4n) is 3.73. The van der Waals surface area contributed by atoms with Crippen LogP contribution in [0.5, 0.6) is 17.2 Å². The summed E-state index contributed by atoms with van der Waals surface area (Å²) in [6.07, 6.45) is -6.85. The van der Waals surface area contributed by atoms with Crippen LogP contribution in [0, 0.1) is 0 Å². The molecule has 4 rings (SSSR count). The summed E-state index contributed by atoms with van der Waals surface area (Å²) in [5.41, 5.74) is -0.741. The third-order valence-corrected chi connectivity index (χ3v) is 5.41. The molecule has 0 radical (unpaired) electrons. The van der Waals surface area contributed by atoms with E-state index in [4.69, 9.17) is 9.15 Å². The lowest BCUT2D eigenvalue weighted by Crippen LogP contribution is -2.55. The smallest absolute Gasteiger partial charge is 0.204 e. The van der Waals surface area contributed by atoms with Gasteiger partial charge in [-0.15, -0.1) is 0 Å². The largest absolute Gasteiger partial charge is 0.508 e. The number of rotatable bonds is 3. The van der Waals surface area contributed by atoms with Gasteiger partial charge in [-0.1, -0.05) is 12.1 Å². The van der Waals surface area contributed by atoms with Gasteiger partial charge in [0.05, 0.1) is 17.7 Å². The molecule has 164 valence electrons. The molecule has 2 aromatic carbocycles. The molecule has 5 unspecified atom stereocenters. The van der Waals surface area contributed by atoms with Gasteiger partial charge in [0.2, 0.25) is 5.43 Å². The summed E-state index contributed by atoms with van der Waals surface area (Å²) in [6, 6.07) is 6.74. The zero-order valence-corrected chi connectivity index (χ0v) is 15.9. The van der Waals surface area contributed by atoms with Crippen molar-refractivity contribution in [2.24, 2.45) is 0 Å². The lowest BCUT2D eigenvalue weighted by Gasteiger charge is -2.40. The van der Waals surface area contributed by atoms with Gasteiger partial charge in [0.15, 0.2) is 0 Å². The van der Waals surface area contributed by atoms with E-state index in [9.17, 15) is 40.5 Å². The second kappa shape index (κ2) is 7.84. The topological polar surface area (TPSA) is 181 Å². The van der Waals surface area contributed by atoms with Crippen molar-refractivity contribution in [1.29, 1.82) is 0 Å². The molecule has 0 aliphatic carbocycles. The number of aliphatic hydroxyl groups is 4. The maximum Gasteiger partial charge on any atom is 0.204 e. The molecule has 2 heterocycles. The maximum atomic E-state index is 13.1. The first-order valence-corrected chi connectivity index (χ1v) is 9.34. The van der Waals surface area contributed by atoms with E-state index in [-0.39, 0.29) is 22.3 Å². The SMILES string of the molecule is O=c1c(-c2ccc(O)cc2)coc2cc(O)c(C3OC(CO)C(O)C(O)C3O)c(O)c12. The van der Waals surface area contributed by atoms with Crippen molar-refractivity contribution in [3.63, 3.8) is 0 Å². The number of phenols is 3. The molecular weight excluding hydrogens is 412 g/mol. The van der Waals surface area contributed by atoms with Crippen LogP contribution < -0.4 is 5.43 Å². The minimum Gasteiger partial charge on any atom is -0.508 e. The molecule has 3 aromatic rings. The van der Waals surface area contributed by atoms with Gasteiger partial charge < -0.3 is 44.9 Å². The summed E-state index contributed by atoms with van der Waals surface area (Å²) in [4.78, 5) is 13.1. The molecule has 0 saturated carbocycles. The van der Waals surface area contributed by atoms with Crippen LogP contribution in [0.1, 0.15) is 11.7 Å². The number of aromatic hydroxyl groups is 3. The zero-order valence-electron chi connectivity index (χ0n) is 15.9. The molecule has 1 aromatic heterocycles. The Balaban J connectivity index is 1.90. The van der Waals surface area contributed by atoms with Crippen molar-refractivity contribution in [2.45, 2.75) is 30.5 Å². The molecule has 1 aliphatic heterocycles. The third kappa shape index (κ3) is 3.40. The molecule has 7 N–H and O–H groups in total. The first kappa shape index (κ1) is 21.1. The number of hydrogen-bond donors (Lipinski definition) is 7. The van der Waals surface area contributed by atoms with Gasteiger partial charge in [-0.05, 0) is 17.7 Å². The highest BCUT2D eigenvalue weighted by atomic mass is 16.5. The fraction of sp³-hybridized carbons (Fsp3) is 0.286. The Kier molecular flexibility index (Phi) is 5.33. The first-order valence-electron chi connectivity index (χ1n) is 9.34. The Bertz CT molecular complexity index is 1170. The number of ether oxygens (including phenoxy) is 1. The van der Waals surface area contributed by atoms with Gasteiger partial charge in [0.25, 0.3) is 0 Å². The van der Waals surface area contributed by atoms with E-state index in [1.165, 1.54) is 24.3 Å². The summed E-state index contributed by atoms with van der Waals surface area (Å²) < 4.78 is 10.8. The molecule has 10 heteroatoms. The van der Waals surface area contributed by atoms with Crippen LogP contribution in [0.15, 0.2) is 45.8 Å². The Labute approximate surface area is 174 Å². The highest BCUT2D eigenvalue weighted by Gasteiger charge is 2.46. The van der Waals surface area contributed by atoms with Gasteiger partial charge >= 0.3 is 0 Å². The highest BCUT2D eigenvalue weighted by molar-refractivity contribution is 5.90. The quantitative estimate of drug-likeness (QED) is 0.300. The van der Waals surface area contributed by atoms with E-state index in [1.54, 1.807) is 0 Å². The standard InChI is InChI=1S/C21H20O10/c22-6-13-17(26)19(28)20(29)21(31-13)14-11(24)5-12-15(18(14)27)16(25)10(7-30-12)8-1-3-9(23)4-2-8/h1-5,7,13,17,19-24,26-29H,6H2. The molecule has 0 spiro atoms. The van der Waals surface area contributed by atoms with Crippen LogP contribution in [0.25, 0.3) is 22.1 Å². The maximum absolute atomic E-state index is 13.1. The second-order valence-electron chi connectivity index (χ2n) is 7.31. The predicted molar refractivity (Wildman–Crippen MR) is 106 cm³/mol. The molecule has 10 nitrogen and oxygen atoms in total. The van der Waals surface area contributed by atoms with Crippen LogP contribution in [-0.2, 0) is 4.74 Å². The summed E-state index contributed by atoms with van der Waals surface area (Å²) in [5, 5.41) is 70.2. The van der Waals surface area contributed by atoms with Gasteiger partial charge in [0.1, 0.15) is 65.0 Å². The van der Waals surface area contributed by atoms with E-state index in [0.717, 1.165) is 12.3 Å². The van der Waals surface area contributed by atoms with Crippen LogP contribution >= 0.6 is 0 Å². The Morgan fingerprint density at radius 2 is 1.61 bits per heavy atom. The zero-order chi connectivity index (χ0) is 22.4. The molecule has 1 aliphatic rings.